The van der Waals surface area contributed by atoms with Crippen LogP contribution in [0.15, 0.2) is 5.16 Å². The molecular weight excluding hydrogens is 298 g/mol. The van der Waals surface area contributed by atoms with Crippen LogP contribution in [0.1, 0.15) is 27.2 Å². The molecule has 1 aliphatic rings. The van der Waals surface area contributed by atoms with E-state index in [9.17, 15) is 25.2 Å². The second-order valence-corrected chi connectivity index (χ2v) is 5.64. The Hall–Kier alpha value is -1.26. The fourth-order valence-corrected chi connectivity index (χ4v) is 2.16. The maximum atomic E-state index is 11.5. The summed E-state index contributed by atoms with van der Waals surface area (Å²) in [6.07, 6.45) is -5.94. The molecule has 0 saturated carbocycles. The molecule has 22 heavy (non-hydrogen) atoms. The van der Waals surface area contributed by atoms with Crippen LogP contribution in [-0.4, -0.2) is 74.0 Å². The van der Waals surface area contributed by atoms with Gasteiger partial charge in [0.1, 0.15) is 12.2 Å². The molecule has 0 aliphatic carbocycles. The van der Waals surface area contributed by atoms with E-state index in [-0.39, 0.29) is 0 Å². The van der Waals surface area contributed by atoms with E-state index in [2.05, 4.69) is 5.16 Å². The molecule has 1 rings (SSSR count). The van der Waals surface area contributed by atoms with E-state index in [4.69, 9.17) is 14.7 Å². The highest BCUT2D eigenvalue weighted by Gasteiger charge is 2.55. The molecule has 0 spiro atoms. The zero-order valence-electron chi connectivity index (χ0n) is 12.7. The molecular formula is C13H23NO8. The van der Waals surface area contributed by atoms with E-state index in [0.29, 0.717) is 5.71 Å². The van der Waals surface area contributed by atoms with Crippen LogP contribution in [0, 0.1) is 5.92 Å². The second-order valence-electron chi connectivity index (χ2n) is 5.64. The number of aliphatic hydroxyl groups is 4. The minimum atomic E-state index is -2.27. The van der Waals surface area contributed by atoms with Gasteiger partial charge in [-0.3, -0.25) is 0 Å². The molecule has 2 unspecified atom stereocenters. The molecule has 1 aliphatic heterocycles. The molecule has 6 atom stereocenters. The van der Waals surface area contributed by atoms with E-state index >= 15 is 0 Å². The highest BCUT2D eigenvalue weighted by Crippen LogP contribution is 2.36. The standard InChI is InChI=1S/C13H23NO8/c1-6(2)14-22-13(12(19)20)4-8(16)7(3)11(21-13)10(18)9(17)5-15/h7-11,15-18H,4-5H2,1-3H3,(H,19,20)/t7-,8?,9-,10-,11?,13+/m1/s1. The first-order chi connectivity index (χ1) is 10.1. The summed E-state index contributed by atoms with van der Waals surface area (Å²) in [5.41, 5.74) is 0.435. The first-order valence-electron chi connectivity index (χ1n) is 6.90. The first kappa shape index (κ1) is 18.8. The summed E-state index contributed by atoms with van der Waals surface area (Å²) in [5.74, 6) is -4.47. The Bertz CT molecular complexity index is 424. The predicted molar refractivity (Wildman–Crippen MR) is 74.0 cm³/mol. The Morgan fingerprint density at radius 3 is 2.50 bits per heavy atom. The van der Waals surface area contributed by atoms with Gasteiger partial charge in [0.25, 0.3) is 0 Å². The quantitative estimate of drug-likeness (QED) is 0.299. The van der Waals surface area contributed by atoms with Crippen LogP contribution >= 0.6 is 0 Å². The fraction of sp³-hybridized carbons (Fsp3) is 0.846. The van der Waals surface area contributed by atoms with Gasteiger partial charge in [0, 0.05) is 5.92 Å². The lowest BCUT2D eigenvalue weighted by atomic mass is 9.85. The molecule has 1 saturated heterocycles. The third-order valence-corrected chi connectivity index (χ3v) is 3.55. The van der Waals surface area contributed by atoms with Gasteiger partial charge in [-0.15, -0.1) is 0 Å². The van der Waals surface area contributed by atoms with E-state index in [1.54, 1.807) is 13.8 Å². The molecule has 9 nitrogen and oxygen atoms in total. The maximum Gasteiger partial charge on any atom is 0.379 e. The summed E-state index contributed by atoms with van der Waals surface area (Å²) in [7, 11) is 0. The normalized spacial score (nSPS) is 34.6. The number of carboxylic acids is 1. The second kappa shape index (κ2) is 7.34. The predicted octanol–water partition coefficient (Wildman–Crippen LogP) is -1.32. The van der Waals surface area contributed by atoms with Gasteiger partial charge in [-0.25, -0.2) is 4.79 Å². The van der Waals surface area contributed by atoms with Crippen LogP contribution in [0.4, 0.5) is 0 Å². The van der Waals surface area contributed by atoms with Gasteiger partial charge in [0.15, 0.2) is 0 Å². The van der Waals surface area contributed by atoms with Crippen molar-refractivity contribution in [3.8, 4) is 0 Å². The van der Waals surface area contributed by atoms with Gasteiger partial charge in [0.05, 0.1) is 30.9 Å². The van der Waals surface area contributed by atoms with E-state index in [1.165, 1.54) is 6.92 Å². The Morgan fingerprint density at radius 1 is 1.45 bits per heavy atom. The summed E-state index contributed by atoms with van der Waals surface area (Å²) in [5, 5.41) is 51.4. The first-order valence-corrected chi connectivity index (χ1v) is 6.90. The summed E-state index contributed by atoms with van der Waals surface area (Å²) < 4.78 is 5.34. The number of ether oxygens (including phenoxy) is 1. The zero-order valence-corrected chi connectivity index (χ0v) is 12.7. The number of carbonyl (C=O) groups is 1. The highest BCUT2D eigenvalue weighted by atomic mass is 16.8. The maximum absolute atomic E-state index is 11.5. The van der Waals surface area contributed by atoms with Crippen LogP contribution in [0.2, 0.25) is 0 Å². The molecule has 1 heterocycles. The van der Waals surface area contributed by atoms with Crippen LogP contribution in [0.25, 0.3) is 0 Å². The number of aliphatic hydroxyl groups excluding tert-OH is 4. The van der Waals surface area contributed by atoms with E-state index in [1.807, 2.05) is 0 Å². The van der Waals surface area contributed by atoms with Crippen LogP contribution in [-0.2, 0) is 14.4 Å². The summed E-state index contributed by atoms with van der Waals surface area (Å²) >= 11 is 0. The van der Waals surface area contributed by atoms with Crippen molar-refractivity contribution in [3.05, 3.63) is 0 Å². The Labute approximate surface area is 127 Å². The third kappa shape index (κ3) is 3.93. The van der Waals surface area contributed by atoms with Gasteiger partial charge in [-0.1, -0.05) is 12.1 Å². The van der Waals surface area contributed by atoms with Crippen molar-refractivity contribution in [1.29, 1.82) is 0 Å². The zero-order chi connectivity index (χ0) is 17.1. The van der Waals surface area contributed by atoms with Crippen molar-refractivity contribution < 1.29 is 39.9 Å². The SMILES string of the molecule is CC(C)=NO[C@]1(C(=O)O)CC(O)[C@@H](C)C([C@H](O)[C@H](O)CO)O1. The van der Waals surface area contributed by atoms with Gasteiger partial charge < -0.3 is 35.1 Å². The number of hydrogen-bond donors (Lipinski definition) is 5. The van der Waals surface area contributed by atoms with Crippen molar-refractivity contribution in [3.63, 3.8) is 0 Å². The number of oxime groups is 1. The minimum Gasteiger partial charge on any atom is -0.476 e. The molecule has 0 amide bonds. The third-order valence-electron chi connectivity index (χ3n) is 3.55. The van der Waals surface area contributed by atoms with Crippen molar-refractivity contribution in [2.24, 2.45) is 11.1 Å². The average Bonchev–Trinajstić information content (AvgIpc) is 2.46. The summed E-state index contributed by atoms with van der Waals surface area (Å²) in [6.45, 7) is 3.96. The van der Waals surface area contributed by atoms with E-state index < -0.39 is 55.1 Å². The molecule has 0 aromatic carbocycles. The molecule has 128 valence electrons. The topological polar surface area (TPSA) is 149 Å². The van der Waals surface area contributed by atoms with Gasteiger partial charge >= 0.3 is 11.8 Å². The van der Waals surface area contributed by atoms with Crippen molar-refractivity contribution in [1.82, 2.24) is 0 Å². The number of nitrogens with zero attached hydrogens (tertiary/aromatic N) is 1. The summed E-state index contributed by atoms with van der Waals surface area (Å²) in [4.78, 5) is 16.5. The molecule has 0 aromatic heterocycles. The monoisotopic (exact) mass is 321 g/mol. The lowest BCUT2D eigenvalue weighted by Crippen LogP contribution is -2.60. The van der Waals surface area contributed by atoms with Gasteiger partial charge in [-0.2, -0.15) is 0 Å². The number of rotatable bonds is 6. The molecule has 0 radical (unpaired) electrons. The fourth-order valence-electron chi connectivity index (χ4n) is 2.16. The van der Waals surface area contributed by atoms with Gasteiger partial charge in [0.2, 0.25) is 0 Å². The lowest BCUT2D eigenvalue weighted by molar-refractivity contribution is -0.318. The van der Waals surface area contributed by atoms with E-state index in [0.717, 1.165) is 0 Å². The smallest absolute Gasteiger partial charge is 0.379 e. The average molecular weight is 321 g/mol. The Kier molecular flexibility index (Phi) is 6.27. The minimum absolute atomic E-state index is 0.390. The Balaban J connectivity index is 3.10. The highest BCUT2D eigenvalue weighted by molar-refractivity contribution is 5.79. The number of hydrogen-bond acceptors (Lipinski definition) is 8. The molecule has 0 aromatic rings. The Morgan fingerprint density at radius 2 is 2.05 bits per heavy atom. The summed E-state index contributed by atoms with van der Waals surface area (Å²) in [6, 6.07) is 0. The molecule has 5 N–H and O–H groups in total. The van der Waals surface area contributed by atoms with Crippen LogP contribution in [0.3, 0.4) is 0 Å². The van der Waals surface area contributed by atoms with Crippen molar-refractivity contribution in [2.75, 3.05) is 6.61 Å². The molecule has 1 fully saturated rings. The van der Waals surface area contributed by atoms with Gasteiger partial charge in [-0.05, 0) is 13.8 Å². The van der Waals surface area contributed by atoms with Crippen LogP contribution < -0.4 is 0 Å². The molecule has 0 bridgehead atoms. The lowest BCUT2D eigenvalue weighted by Gasteiger charge is -2.44. The van der Waals surface area contributed by atoms with Crippen LogP contribution in [0.5, 0.6) is 0 Å². The number of carboxylic acid groups (broad SMARTS) is 1. The van der Waals surface area contributed by atoms with Crippen molar-refractivity contribution >= 4 is 11.7 Å². The largest absolute Gasteiger partial charge is 0.476 e. The molecule has 9 heteroatoms. The number of aliphatic carboxylic acids is 1. The van der Waals surface area contributed by atoms with Crippen molar-refractivity contribution in [2.45, 2.75) is 57.4 Å².